The van der Waals surface area contributed by atoms with Gasteiger partial charge >= 0.3 is 0 Å². The van der Waals surface area contributed by atoms with Gasteiger partial charge in [0.05, 0.1) is 0 Å². The molecule has 0 bridgehead atoms. The number of halogens is 1. The highest BCUT2D eigenvalue weighted by atomic mass is 19.1. The third-order valence-electron chi connectivity index (χ3n) is 3.72. The molecule has 1 rings (SSSR count). The highest BCUT2D eigenvalue weighted by molar-refractivity contribution is 5.85. The van der Waals surface area contributed by atoms with Crippen molar-refractivity contribution < 1.29 is 9.18 Å². The molecule has 0 aliphatic carbocycles. The van der Waals surface area contributed by atoms with Gasteiger partial charge in [-0.15, -0.1) is 0 Å². The van der Waals surface area contributed by atoms with Gasteiger partial charge in [-0.3, -0.25) is 10.1 Å². The van der Waals surface area contributed by atoms with Crippen LogP contribution < -0.4 is 11.1 Å². The number of primary amides is 1. The van der Waals surface area contributed by atoms with Crippen LogP contribution in [0.2, 0.25) is 0 Å². The first-order chi connectivity index (χ1) is 9.43. The van der Waals surface area contributed by atoms with Crippen LogP contribution in [0.5, 0.6) is 0 Å². The molecular formula is C15H24FN3O. The Bertz CT molecular complexity index is 431. The summed E-state index contributed by atoms with van der Waals surface area (Å²) in [5.41, 5.74) is 5.20. The van der Waals surface area contributed by atoms with Crippen molar-refractivity contribution in [1.29, 1.82) is 0 Å². The summed E-state index contributed by atoms with van der Waals surface area (Å²) in [4.78, 5) is 14.0. The molecule has 0 aliphatic heterocycles. The molecule has 1 atom stereocenters. The number of benzene rings is 1. The topological polar surface area (TPSA) is 58.4 Å². The van der Waals surface area contributed by atoms with Crippen molar-refractivity contribution in [3.05, 3.63) is 35.6 Å². The number of likely N-dealkylation sites (N-methyl/N-ethyl adjacent to an activating group) is 1. The number of hydrogen-bond donors (Lipinski definition) is 2. The SMILES string of the molecule is CCN(CC)CCNC(C)(C(N)=O)c1ccc(F)cc1. The third kappa shape index (κ3) is 4.02. The van der Waals surface area contributed by atoms with Crippen LogP contribution in [0.3, 0.4) is 0 Å². The summed E-state index contributed by atoms with van der Waals surface area (Å²) in [6, 6.07) is 5.85. The highest BCUT2D eigenvalue weighted by Crippen LogP contribution is 2.20. The van der Waals surface area contributed by atoms with Crippen molar-refractivity contribution in [3.8, 4) is 0 Å². The second-order valence-corrected chi connectivity index (χ2v) is 4.95. The molecule has 0 fully saturated rings. The van der Waals surface area contributed by atoms with E-state index in [1.165, 1.54) is 12.1 Å². The number of hydrogen-bond acceptors (Lipinski definition) is 3. The van der Waals surface area contributed by atoms with Crippen molar-refractivity contribution in [1.82, 2.24) is 10.2 Å². The van der Waals surface area contributed by atoms with Crippen molar-refractivity contribution >= 4 is 5.91 Å². The van der Waals surface area contributed by atoms with Gasteiger partial charge in [-0.05, 0) is 37.7 Å². The van der Waals surface area contributed by atoms with Gasteiger partial charge in [0.2, 0.25) is 5.91 Å². The van der Waals surface area contributed by atoms with Gasteiger partial charge in [0.25, 0.3) is 0 Å². The van der Waals surface area contributed by atoms with Crippen LogP contribution >= 0.6 is 0 Å². The summed E-state index contributed by atoms with van der Waals surface area (Å²) in [5.74, 6) is -0.799. The normalized spacial score (nSPS) is 14.2. The molecule has 0 aliphatic rings. The van der Waals surface area contributed by atoms with E-state index in [4.69, 9.17) is 5.73 Å². The Hall–Kier alpha value is -1.46. The monoisotopic (exact) mass is 281 g/mol. The van der Waals surface area contributed by atoms with Crippen LogP contribution in [0, 0.1) is 5.82 Å². The average Bonchev–Trinajstić information content (AvgIpc) is 2.44. The van der Waals surface area contributed by atoms with E-state index in [1.807, 2.05) is 0 Å². The van der Waals surface area contributed by atoms with Crippen LogP contribution in [0.15, 0.2) is 24.3 Å². The molecule has 20 heavy (non-hydrogen) atoms. The van der Waals surface area contributed by atoms with Crippen LogP contribution in [0.25, 0.3) is 0 Å². The minimum Gasteiger partial charge on any atom is -0.368 e. The summed E-state index contributed by atoms with van der Waals surface area (Å²) in [5, 5.41) is 3.19. The maximum atomic E-state index is 13.0. The Morgan fingerprint density at radius 3 is 2.30 bits per heavy atom. The number of nitrogens with two attached hydrogens (primary N) is 1. The Kier molecular flexibility index (Phi) is 6.10. The van der Waals surface area contributed by atoms with Gasteiger partial charge in [0.15, 0.2) is 0 Å². The molecule has 0 saturated heterocycles. The molecule has 1 aromatic carbocycles. The molecule has 1 amide bonds. The van der Waals surface area contributed by atoms with Gasteiger partial charge in [-0.2, -0.15) is 0 Å². The van der Waals surface area contributed by atoms with Gasteiger partial charge in [-0.25, -0.2) is 4.39 Å². The van der Waals surface area contributed by atoms with E-state index in [1.54, 1.807) is 19.1 Å². The van der Waals surface area contributed by atoms with Gasteiger partial charge in [0, 0.05) is 13.1 Å². The predicted molar refractivity (Wildman–Crippen MR) is 78.7 cm³/mol. The molecule has 1 aromatic rings. The minimum atomic E-state index is -0.985. The van der Waals surface area contributed by atoms with Crippen LogP contribution in [0.4, 0.5) is 4.39 Å². The maximum Gasteiger partial charge on any atom is 0.242 e. The number of carbonyl (C=O) groups is 1. The minimum absolute atomic E-state index is 0.330. The second-order valence-electron chi connectivity index (χ2n) is 4.95. The standard InChI is InChI=1S/C15H24FN3O/c1-4-19(5-2)11-10-18-15(3,14(17)20)12-6-8-13(16)9-7-12/h6-9,18H,4-5,10-11H2,1-3H3,(H2,17,20). The fourth-order valence-electron chi connectivity index (χ4n) is 2.12. The fraction of sp³-hybridized carbons (Fsp3) is 0.533. The molecule has 112 valence electrons. The van der Waals surface area contributed by atoms with Gasteiger partial charge < -0.3 is 10.6 Å². The van der Waals surface area contributed by atoms with E-state index in [0.717, 1.165) is 19.6 Å². The number of nitrogens with one attached hydrogen (secondary N) is 1. The molecular weight excluding hydrogens is 257 g/mol. The lowest BCUT2D eigenvalue weighted by molar-refractivity contribution is -0.124. The molecule has 0 spiro atoms. The number of amides is 1. The molecule has 5 heteroatoms. The number of rotatable bonds is 8. The lowest BCUT2D eigenvalue weighted by atomic mass is 9.91. The first-order valence-electron chi connectivity index (χ1n) is 6.97. The van der Waals surface area contributed by atoms with Gasteiger partial charge in [0.1, 0.15) is 11.4 Å². The van der Waals surface area contributed by atoms with E-state index in [2.05, 4.69) is 24.1 Å². The van der Waals surface area contributed by atoms with Crippen LogP contribution in [0.1, 0.15) is 26.3 Å². The van der Waals surface area contributed by atoms with E-state index in [9.17, 15) is 9.18 Å². The molecule has 1 unspecified atom stereocenters. The zero-order valence-corrected chi connectivity index (χ0v) is 12.4. The maximum absolute atomic E-state index is 13.0. The molecule has 4 nitrogen and oxygen atoms in total. The Balaban J connectivity index is 2.77. The summed E-state index contributed by atoms with van der Waals surface area (Å²) in [6.45, 7) is 9.30. The highest BCUT2D eigenvalue weighted by Gasteiger charge is 2.32. The lowest BCUT2D eigenvalue weighted by Gasteiger charge is -2.29. The van der Waals surface area contributed by atoms with Crippen LogP contribution in [-0.2, 0) is 10.3 Å². The summed E-state index contributed by atoms with van der Waals surface area (Å²) in [6.07, 6.45) is 0. The smallest absolute Gasteiger partial charge is 0.242 e. The third-order valence-corrected chi connectivity index (χ3v) is 3.72. The van der Waals surface area contributed by atoms with Crippen molar-refractivity contribution in [2.75, 3.05) is 26.2 Å². The summed E-state index contributed by atoms with van der Waals surface area (Å²) in [7, 11) is 0. The van der Waals surface area contributed by atoms with E-state index >= 15 is 0 Å². The largest absolute Gasteiger partial charge is 0.368 e. The average molecular weight is 281 g/mol. The van der Waals surface area contributed by atoms with E-state index in [-0.39, 0.29) is 5.82 Å². The zero-order chi connectivity index (χ0) is 15.2. The molecule has 0 aromatic heterocycles. The number of nitrogens with zero attached hydrogens (tertiary/aromatic N) is 1. The molecule has 3 N–H and O–H groups in total. The first kappa shape index (κ1) is 16.6. The Morgan fingerprint density at radius 2 is 1.85 bits per heavy atom. The van der Waals surface area contributed by atoms with Crippen molar-refractivity contribution in [3.63, 3.8) is 0 Å². The fourth-order valence-corrected chi connectivity index (χ4v) is 2.12. The summed E-state index contributed by atoms with van der Waals surface area (Å²) < 4.78 is 13.0. The molecule has 0 saturated carbocycles. The molecule has 0 radical (unpaired) electrons. The Morgan fingerprint density at radius 1 is 1.30 bits per heavy atom. The summed E-state index contributed by atoms with van der Waals surface area (Å²) >= 11 is 0. The van der Waals surface area contributed by atoms with Crippen molar-refractivity contribution in [2.24, 2.45) is 5.73 Å². The Labute approximate surface area is 120 Å². The lowest BCUT2D eigenvalue weighted by Crippen LogP contribution is -2.52. The molecule has 0 heterocycles. The van der Waals surface area contributed by atoms with E-state index < -0.39 is 11.4 Å². The van der Waals surface area contributed by atoms with Crippen molar-refractivity contribution in [2.45, 2.75) is 26.3 Å². The zero-order valence-electron chi connectivity index (χ0n) is 12.4. The predicted octanol–water partition coefficient (Wildman–Crippen LogP) is 1.46. The first-order valence-corrected chi connectivity index (χ1v) is 6.97. The van der Waals surface area contributed by atoms with E-state index in [0.29, 0.717) is 12.1 Å². The van der Waals surface area contributed by atoms with Crippen LogP contribution in [-0.4, -0.2) is 37.0 Å². The number of carbonyl (C=O) groups excluding carboxylic acids is 1. The second kappa shape index (κ2) is 7.36. The van der Waals surface area contributed by atoms with Gasteiger partial charge in [-0.1, -0.05) is 26.0 Å². The quantitative estimate of drug-likeness (QED) is 0.758.